The molecule has 0 aromatic heterocycles. The Bertz CT molecular complexity index is 1040. The highest BCUT2D eigenvalue weighted by Gasteiger charge is 2.15. The van der Waals surface area contributed by atoms with E-state index in [1.807, 2.05) is 0 Å². The lowest BCUT2D eigenvalue weighted by Crippen LogP contribution is -2.12. The topological polar surface area (TPSA) is 89.6 Å². The first-order valence-corrected chi connectivity index (χ1v) is 8.96. The minimum Gasteiger partial charge on any atom is -0.478 e. The van der Waals surface area contributed by atoms with Gasteiger partial charge in [0.15, 0.2) is 0 Å². The van der Waals surface area contributed by atoms with Crippen LogP contribution in [0.4, 0.5) is 4.39 Å². The minimum absolute atomic E-state index is 0.100. The highest BCUT2D eigenvalue weighted by Crippen LogP contribution is 2.34. The van der Waals surface area contributed by atoms with Crippen molar-refractivity contribution in [2.75, 3.05) is 0 Å². The average molecular weight is 436 g/mol. The quantitative estimate of drug-likeness (QED) is 0.548. The molecular weight excluding hydrogens is 420 g/mol. The van der Waals surface area contributed by atoms with Crippen LogP contribution in [0.25, 0.3) is 0 Å². The lowest BCUT2D eigenvalue weighted by atomic mass is 10.1. The summed E-state index contributed by atoms with van der Waals surface area (Å²) in [6, 6.07) is 15.1. The summed E-state index contributed by atoms with van der Waals surface area (Å²) < 4.78 is 18.6. The lowest BCUT2D eigenvalue weighted by Gasteiger charge is -2.12. The van der Waals surface area contributed by atoms with Crippen LogP contribution in [0.3, 0.4) is 0 Å². The van der Waals surface area contributed by atoms with Crippen LogP contribution in [0.2, 0.25) is 10.0 Å². The fourth-order valence-electron chi connectivity index (χ4n) is 2.23. The summed E-state index contributed by atoms with van der Waals surface area (Å²) in [5.41, 5.74) is 6.28. The maximum Gasteiger partial charge on any atom is 0.335 e. The molecule has 5 nitrogen and oxygen atoms in total. The number of aryl methyl sites for hydroxylation is 1. The molecule has 0 atom stereocenters. The number of hydrogen-bond acceptors (Lipinski definition) is 3. The van der Waals surface area contributed by atoms with Gasteiger partial charge in [0.25, 0.3) is 5.91 Å². The number of carbonyl (C=O) groups is 2. The number of benzene rings is 3. The Labute approximate surface area is 176 Å². The highest BCUT2D eigenvalue weighted by atomic mass is 35.5. The molecule has 0 radical (unpaired) electrons. The summed E-state index contributed by atoms with van der Waals surface area (Å²) >= 11 is 11.7. The van der Waals surface area contributed by atoms with Gasteiger partial charge >= 0.3 is 5.97 Å². The lowest BCUT2D eigenvalue weighted by molar-refractivity contribution is 0.0696. The number of ether oxygens (including phenoxy) is 1. The smallest absolute Gasteiger partial charge is 0.335 e. The number of halogens is 3. The van der Waals surface area contributed by atoms with E-state index in [4.69, 9.17) is 38.8 Å². The Morgan fingerprint density at radius 3 is 2.10 bits per heavy atom. The van der Waals surface area contributed by atoms with Crippen LogP contribution in [-0.4, -0.2) is 17.0 Å². The van der Waals surface area contributed by atoms with E-state index in [-0.39, 0.29) is 27.2 Å². The molecule has 150 valence electrons. The van der Waals surface area contributed by atoms with Crippen molar-refractivity contribution in [3.05, 3.63) is 93.2 Å². The predicted molar refractivity (Wildman–Crippen MR) is 110 cm³/mol. The number of carboxylic acid groups (broad SMARTS) is 1. The zero-order valence-electron chi connectivity index (χ0n) is 15.2. The molecule has 0 spiro atoms. The van der Waals surface area contributed by atoms with Crippen LogP contribution < -0.4 is 10.5 Å². The van der Waals surface area contributed by atoms with E-state index in [0.717, 1.165) is 0 Å². The van der Waals surface area contributed by atoms with E-state index >= 15 is 0 Å². The molecule has 0 saturated carbocycles. The normalized spacial score (nSPS) is 9.93. The van der Waals surface area contributed by atoms with Gasteiger partial charge in [-0.05, 0) is 48.9 Å². The molecule has 3 rings (SSSR count). The second-order valence-corrected chi connectivity index (χ2v) is 6.62. The molecule has 1 amide bonds. The first kappa shape index (κ1) is 22.2. The molecule has 0 unspecified atom stereocenters. The van der Waals surface area contributed by atoms with E-state index in [0.29, 0.717) is 16.9 Å². The van der Waals surface area contributed by atoms with E-state index in [1.165, 1.54) is 30.3 Å². The largest absolute Gasteiger partial charge is 0.478 e. The van der Waals surface area contributed by atoms with Crippen molar-refractivity contribution in [2.24, 2.45) is 5.73 Å². The molecule has 3 aromatic rings. The highest BCUT2D eigenvalue weighted by molar-refractivity contribution is 6.42. The molecule has 0 saturated heterocycles. The molecular formula is C21H16Cl2FNO4. The molecule has 0 aliphatic heterocycles. The van der Waals surface area contributed by atoms with Gasteiger partial charge in [-0.25, -0.2) is 9.18 Å². The van der Waals surface area contributed by atoms with Gasteiger partial charge in [0, 0.05) is 6.07 Å². The van der Waals surface area contributed by atoms with E-state index in [2.05, 4.69) is 0 Å². The van der Waals surface area contributed by atoms with Crippen molar-refractivity contribution in [3.63, 3.8) is 0 Å². The summed E-state index contributed by atoms with van der Waals surface area (Å²) in [4.78, 5) is 21.6. The van der Waals surface area contributed by atoms with Gasteiger partial charge in [-0.3, -0.25) is 4.79 Å². The van der Waals surface area contributed by atoms with Crippen LogP contribution in [0.1, 0.15) is 26.3 Å². The minimum atomic E-state index is -0.879. The van der Waals surface area contributed by atoms with Crippen molar-refractivity contribution in [2.45, 2.75) is 6.92 Å². The van der Waals surface area contributed by atoms with E-state index in [9.17, 15) is 14.0 Å². The third-order valence-corrected chi connectivity index (χ3v) is 4.39. The van der Waals surface area contributed by atoms with E-state index < -0.39 is 11.9 Å². The van der Waals surface area contributed by atoms with Gasteiger partial charge in [0.05, 0.1) is 21.2 Å². The van der Waals surface area contributed by atoms with Crippen molar-refractivity contribution >= 4 is 35.1 Å². The number of carbonyl (C=O) groups excluding carboxylic acids is 1. The molecule has 3 N–H and O–H groups in total. The van der Waals surface area contributed by atoms with Crippen LogP contribution in [0.15, 0.2) is 60.7 Å². The van der Waals surface area contributed by atoms with Gasteiger partial charge in [-0.1, -0.05) is 41.4 Å². The van der Waals surface area contributed by atoms with Gasteiger partial charge in [0.2, 0.25) is 0 Å². The van der Waals surface area contributed by atoms with Gasteiger partial charge in [-0.15, -0.1) is 0 Å². The SMILES string of the molecule is Cc1cc(F)ccc1Oc1cc(Cl)c(Cl)cc1C(N)=O.O=C(O)c1ccccc1. The molecule has 0 heterocycles. The number of primary amides is 1. The zero-order valence-corrected chi connectivity index (χ0v) is 16.7. The standard InChI is InChI=1S/C14H10Cl2FNO2.C7H6O2/c1-7-4-8(17)2-3-12(7)20-13-6-11(16)10(15)5-9(13)14(18)19;8-7(9)6-4-2-1-3-5-6/h2-6H,1H3,(H2,18,19);1-5H,(H,8,9). The predicted octanol–water partition coefficient (Wildman–Crippen LogP) is 5.72. The number of aromatic carboxylic acids is 1. The van der Waals surface area contributed by atoms with Crippen LogP contribution in [0.5, 0.6) is 11.5 Å². The van der Waals surface area contributed by atoms with Crippen LogP contribution in [0, 0.1) is 12.7 Å². The molecule has 8 heteroatoms. The fourth-order valence-corrected chi connectivity index (χ4v) is 2.55. The maximum absolute atomic E-state index is 13.0. The Kier molecular flexibility index (Phi) is 7.59. The Morgan fingerprint density at radius 1 is 0.966 bits per heavy atom. The summed E-state index contributed by atoms with van der Waals surface area (Å²) in [6.45, 7) is 1.68. The summed E-state index contributed by atoms with van der Waals surface area (Å²) in [5, 5.41) is 8.81. The number of nitrogens with two attached hydrogens (primary N) is 1. The van der Waals surface area contributed by atoms with E-state index in [1.54, 1.807) is 37.3 Å². The summed E-state index contributed by atoms with van der Waals surface area (Å²) in [5.74, 6) is -1.39. The first-order chi connectivity index (χ1) is 13.7. The molecule has 3 aromatic carbocycles. The van der Waals surface area contributed by atoms with Gasteiger partial charge in [-0.2, -0.15) is 0 Å². The molecule has 0 fully saturated rings. The number of carboxylic acids is 1. The fraction of sp³-hybridized carbons (Fsp3) is 0.0476. The van der Waals surface area contributed by atoms with Crippen LogP contribution >= 0.6 is 23.2 Å². The molecule has 29 heavy (non-hydrogen) atoms. The molecule has 0 bridgehead atoms. The zero-order chi connectivity index (χ0) is 21.6. The monoisotopic (exact) mass is 435 g/mol. The third-order valence-electron chi connectivity index (χ3n) is 3.67. The number of hydrogen-bond donors (Lipinski definition) is 2. The average Bonchev–Trinajstić information content (AvgIpc) is 2.67. The summed E-state index contributed by atoms with van der Waals surface area (Å²) in [6.07, 6.45) is 0. The first-order valence-electron chi connectivity index (χ1n) is 8.20. The Hall–Kier alpha value is -3.09. The number of rotatable bonds is 4. The van der Waals surface area contributed by atoms with Crippen molar-refractivity contribution < 1.29 is 23.8 Å². The Balaban J connectivity index is 0.000000278. The summed E-state index contributed by atoms with van der Waals surface area (Å²) in [7, 11) is 0. The van der Waals surface area contributed by atoms with Crippen LogP contribution in [-0.2, 0) is 0 Å². The second-order valence-electron chi connectivity index (χ2n) is 5.81. The second kappa shape index (κ2) is 9.91. The molecule has 0 aliphatic rings. The van der Waals surface area contributed by atoms with Gasteiger partial charge in [0.1, 0.15) is 17.3 Å². The number of amides is 1. The third kappa shape index (κ3) is 6.20. The van der Waals surface area contributed by atoms with Crippen molar-refractivity contribution in [1.29, 1.82) is 0 Å². The van der Waals surface area contributed by atoms with Crippen molar-refractivity contribution in [1.82, 2.24) is 0 Å². The Morgan fingerprint density at radius 2 is 1.59 bits per heavy atom. The molecule has 0 aliphatic carbocycles. The van der Waals surface area contributed by atoms with Crippen molar-refractivity contribution in [3.8, 4) is 11.5 Å². The maximum atomic E-state index is 13.0. The van der Waals surface area contributed by atoms with Gasteiger partial charge < -0.3 is 15.6 Å².